The van der Waals surface area contributed by atoms with Crippen molar-refractivity contribution in [2.45, 2.75) is 32.1 Å². The minimum absolute atomic E-state index is 0.0252. The summed E-state index contributed by atoms with van der Waals surface area (Å²) in [6.07, 6.45) is 1.46. The van der Waals surface area contributed by atoms with Crippen LogP contribution < -0.4 is 4.72 Å². The zero-order valence-corrected chi connectivity index (χ0v) is 13.3. The van der Waals surface area contributed by atoms with Crippen molar-refractivity contribution in [2.24, 2.45) is 5.41 Å². The van der Waals surface area contributed by atoms with E-state index in [0.29, 0.717) is 5.69 Å². The third-order valence-electron chi connectivity index (χ3n) is 2.68. The zero-order valence-electron chi connectivity index (χ0n) is 12.5. The largest absolute Gasteiger partial charge is 0.274 e. The molecular weight excluding hydrogens is 306 g/mol. The highest BCUT2D eigenvalue weighted by Crippen LogP contribution is 2.19. The summed E-state index contributed by atoms with van der Waals surface area (Å²) < 4.78 is 27.9. The number of aromatic nitrogens is 4. The van der Waals surface area contributed by atoms with E-state index in [1.54, 1.807) is 12.1 Å². The van der Waals surface area contributed by atoms with E-state index in [-0.39, 0.29) is 16.7 Å². The van der Waals surface area contributed by atoms with E-state index < -0.39 is 15.9 Å². The van der Waals surface area contributed by atoms with Crippen molar-refractivity contribution in [1.29, 1.82) is 0 Å². The molecule has 8 nitrogen and oxygen atoms in total. The number of rotatable bonds is 4. The molecule has 2 aromatic rings. The standard InChI is InChI=1S/C13H17N5O3S/c1-13(2,3)8-12(19)15-22(20,21)11-6-4-5-10(7-11)18-9-14-16-17-18/h4-7,9H,8H2,1-3H3,(H,15,19). The summed E-state index contributed by atoms with van der Waals surface area (Å²) in [4.78, 5) is 11.8. The first-order valence-corrected chi connectivity index (χ1v) is 8.05. The molecule has 0 aliphatic rings. The second-order valence-corrected chi connectivity index (χ2v) is 7.70. The van der Waals surface area contributed by atoms with Crippen LogP contribution in [0.5, 0.6) is 0 Å². The number of hydrogen-bond acceptors (Lipinski definition) is 6. The first-order chi connectivity index (χ1) is 10.2. The number of carbonyl (C=O) groups excluding carboxylic acids is 1. The van der Waals surface area contributed by atoms with Gasteiger partial charge < -0.3 is 0 Å². The Hall–Kier alpha value is -2.29. The predicted molar refractivity (Wildman–Crippen MR) is 78.6 cm³/mol. The molecule has 1 amide bonds. The molecule has 1 aromatic carbocycles. The maximum atomic E-state index is 12.3. The first-order valence-electron chi connectivity index (χ1n) is 6.56. The molecule has 2 rings (SSSR count). The van der Waals surface area contributed by atoms with Crippen LogP contribution in [-0.2, 0) is 14.8 Å². The van der Waals surface area contributed by atoms with Crippen LogP contribution in [0.3, 0.4) is 0 Å². The fourth-order valence-corrected chi connectivity index (χ4v) is 2.82. The van der Waals surface area contributed by atoms with Gasteiger partial charge in [-0.2, -0.15) is 0 Å². The zero-order chi connectivity index (χ0) is 16.4. The monoisotopic (exact) mass is 323 g/mol. The fourth-order valence-electron chi connectivity index (χ4n) is 1.80. The molecule has 0 radical (unpaired) electrons. The number of sulfonamides is 1. The van der Waals surface area contributed by atoms with E-state index >= 15 is 0 Å². The topological polar surface area (TPSA) is 107 Å². The fraction of sp³-hybridized carbons (Fsp3) is 0.385. The Morgan fingerprint density at radius 1 is 1.32 bits per heavy atom. The van der Waals surface area contributed by atoms with Crippen molar-refractivity contribution in [3.8, 4) is 5.69 Å². The van der Waals surface area contributed by atoms with Gasteiger partial charge in [0.1, 0.15) is 6.33 Å². The molecule has 118 valence electrons. The summed E-state index contributed by atoms with van der Waals surface area (Å²) in [5.74, 6) is -0.541. The number of hydrogen-bond donors (Lipinski definition) is 1. The highest BCUT2D eigenvalue weighted by atomic mass is 32.2. The van der Waals surface area contributed by atoms with E-state index in [9.17, 15) is 13.2 Å². The third kappa shape index (κ3) is 4.10. The van der Waals surface area contributed by atoms with Gasteiger partial charge >= 0.3 is 0 Å². The van der Waals surface area contributed by atoms with Gasteiger partial charge in [-0.1, -0.05) is 26.8 Å². The van der Waals surface area contributed by atoms with Crippen molar-refractivity contribution in [3.63, 3.8) is 0 Å². The van der Waals surface area contributed by atoms with Crippen molar-refractivity contribution in [2.75, 3.05) is 0 Å². The molecule has 0 aliphatic carbocycles. The molecule has 22 heavy (non-hydrogen) atoms. The molecule has 1 N–H and O–H groups in total. The van der Waals surface area contributed by atoms with Crippen molar-refractivity contribution in [3.05, 3.63) is 30.6 Å². The predicted octanol–water partition coefficient (Wildman–Crippen LogP) is 0.903. The second-order valence-electron chi connectivity index (χ2n) is 6.02. The molecule has 0 saturated heterocycles. The number of tetrazole rings is 1. The normalized spacial score (nSPS) is 12.1. The van der Waals surface area contributed by atoms with Gasteiger partial charge in [0.15, 0.2) is 0 Å². The highest BCUT2D eigenvalue weighted by molar-refractivity contribution is 7.90. The van der Waals surface area contributed by atoms with Gasteiger partial charge in [0, 0.05) is 6.42 Å². The Morgan fingerprint density at radius 3 is 2.64 bits per heavy atom. The molecule has 0 aliphatic heterocycles. The van der Waals surface area contributed by atoms with Crippen LogP contribution in [0.15, 0.2) is 35.5 Å². The molecule has 1 heterocycles. The number of nitrogens with zero attached hydrogens (tertiary/aromatic N) is 4. The molecule has 9 heteroatoms. The van der Waals surface area contributed by atoms with Gasteiger partial charge in [0.05, 0.1) is 10.6 Å². The summed E-state index contributed by atoms with van der Waals surface area (Å²) in [5.41, 5.74) is 0.185. The van der Waals surface area contributed by atoms with Crippen LogP contribution in [0.4, 0.5) is 0 Å². The summed E-state index contributed by atoms with van der Waals surface area (Å²) in [6.45, 7) is 5.58. The van der Waals surface area contributed by atoms with Crippen LogP contribution >= 0.6 is 0 Å². The van der Waals surface area contributed by atoms with Crippen LogP contribution in [0.2, 0.25) is 0 Å². The van der Waals surface area contributed by atoms with Crippen LogP contribution in [0.25, 0.3) is 5.69 Å². The van der Waals surface area contributed by atoms with E-state index in [4.69, 9.17) is 0 Å². The van der Waals surface area contributed by atoms with Crippen LogP contribution in [0.1, 0.15) is 27.2 Å². The van der Waals surface area contributed by atoms with Crippen LogP contribution in [-0.4, -0.2) is 34.5 Å². The Kier molecular flexibility index (Phi) is 4.27. The molecule has 0 atom stereocenters. The minimum Gasteiger partial charge on any atom is -0.274 e. The molecule has 0 unspecified atom stereocenters. The van der Waals surface area contributed by atoms with Gasteiger partial charge in [-0.15, -0.1) is 5.10 Å². The average molecular weight is 323 g/mol. The van der Waals surface area contributed by atoms with Gasteiger partial charge in [0.25, 0.3) is 10.0 Å². The Labute approximate surface area is 128 Å². The maximum absolute atomic E-state index is 12.3. The summed E-state index contributed by atoms with van der Waals surface area (Å²) >= 11 is 0. The quantitative estimate of drug-likeness (QED) is 0.896. The Balaban J connectivity index is 2.23. The van der Waals surface area contributed by atoms with Crippen molar-refractivity contribution >= 4 is 15.9 Å². The smallest absolute Gasteiger partial charge is 0.264 e. The van der Waals surface area contributed by atoms with Gasteiger partial charge in [0.2, 0.25) is 5.91 Å². The number of benzene rings is 1. The molecule has 0 fully saturated rings. The maximum Gasteiger partial charge on any atom is 0.264 e. The summed E-state index contributed by atoms with van der Waals surface area (Å²) in [7, 11) is -3.93. The number of carbonyl (C=O) groups is 1. The van der Waals surface area contributed by atoms with E-state index in [1.165, 1.54) is 23.1 Å². The number of amides is 1. The second kappa shape index (κ2) is 5.84. The molecule has 0 saturated carbocycles. The Bertz CT molecular complexity index is 763. The lowest BCUT2D eigenvalue weighted by Crippen LogP contribution is -2.33. The van der Waals surface area contributed by atoms with E-state index in [2.05, 4.69) is 20.2 Å². The number of nitrogens with one attached hydrogen (secondary N) is 1. The van der Waals surface area contributed by atoms with E-state index in [0.717, 1.165) is 0 Å². The van der Waals surface area contributed by atoms with Crippen molar-refractivity contribution in [1.82, 2.24) is 24.9 Å². The Morgan fingerprint density at radius 2 is 2.05 bits per heavy atom. The highest BCUT2D eigenvalue weighted by Gasteiger charge is 2.22. The van der Waals surface area contributed by atoms with Crippen LogP contribution in [0, 0.1) is 5.41 Å². The first kappa shape index (κ1) is 16.1. The summed E-state index contributed by atoms with van der Waals surface area (Å²) in [6, 6.07) is 6.01. The lowest BCUT2D eigenvalue weighted by molar-refractivity contribution is -0.121. The van der Waals surface area contributed by atoms with Gasteiger partial charge in [-0.05, 0) is 34.0 Å². The third-order valence-corrected chi connectivity index (χ3v) is 4.05. The average Bonchev–Trinajstić information content (AvgIpc) is 2.89. The summed E-state index contributed by atoms with van der Waals surface area (Å²) in [5, 5.41) is 10.7. The molecule has 0 spiro atoms. The van der Waals surface area contributed by atoms with Gasteiger partial charge in [-0.3, -0.25) is 4.79 Å². The molecule has 1 aromatic heterocycles. The molecular formula is C13H17N5O3S. The SMILES string of the molecule is CC(C)(C)CC(=O)NS(=O)(=O)c1cccc(-n2cnnn2)c1. The van der Waals surface area contributed by atoms with Crippen molar-refractivity contribution < 1.29 is 13.2 Å². The molecule has 0 bridgehead atoms. The lowest BCUT2D eigenvalue weighted by Gasteiger charge is -2.17. The lowest BCUT2D eigenvalue weighted by atomic mass is 9.92. The minimum atomic E-state index is -3.93. The van der Waals surface area contributed by atoms with E-state index in [1.807, 2.05) is 20.8 Å². The van der Waals surface area contributed by atoms with Gasteiger partial charge in [-0.25, -0.2) is 17.8 Å².